The van der Waals surface area contributed by atoms with Gasteiger partial charge in [0.1, 0.15) is 5.75 Å². The molecular weight excluding hydrogens is 372 g/mol. The average Bonchev–Trinajstić information content (AvgIpc) is 2.57. The lowest BCUT2D eigenvalue weighted by Gasteiger charge is -2.16. The molecule has 6 nitrogen and oxygen atoms in total. The lowest BCUT2D eigenvalue weighted by atomic mass is 10.1. The van der Waals surface area contributed by atoms with Crippen LogP contribution in [0.5, 0.6) is 17.2 Å². The van der Waals surface area contributed by atoms with E-state index >= 15 is 0 Å². The minimum atomic E-state index is -0.702. The van der Waals surface area contributed by atoms with E-state index in [1.54, 1.807) is 12.1 Å². The van der Waals surface area contributed by atoms with Crippen molar-refractivity contribution >= 4 is 40.3 Å². The summed E-state index contributed by atoms with van der Waals surface area (Å²) in [5, 5.41) is 1.11. The molecule has 0 fully saturated rings. The highest BCUT2D eigenvalue weighted by Gasteiger charge is 2.21. The fourth-order valence-corrected chi connectivity index (χ4v) is 2.27. The standard InChI is InChI=1S/C20H17ClO6/c1-10(2)19(23)26-16-9-17(25-12(5)22)18(27-20(24)11(3)4)14-7-6-13(21)8-15(14)16/h6-9H,1,3H2,2,4-5H3. The molecule has 0 aliphatic heterocycles. The zero-order chi connectivity index (χ0) is 20.3. The summed E-state index contributed by atoms with van der Waals surface area (Å²) >= 11 is 6.06. The average molecular weight is 389 g/mol. The van der Waals surface area contributed by atoms with Gasteiger partial charge in [0.05, 0.1) is 0 Å². The van der Waals surface area contributed by atoms with Crippen LogP contribution in [0.4, 0.5) is 0 Å². The van der Waals surface area contributed by atoms with Gasteiger partial charge in [0.25, 0.3) is 0 Å². The van der Waals surface area contributed by atoms with Crippen molar-refractivity contribution in [2.75, 3.05) is 0 Å². The normalized spacial score (nSPS) is 10.2. The molecule has 0 saturated carbocycles. The molecule has 0 atom stereocenters. The largest absolute Gasteiger partial charge is 0.423 e. The van der Waals surface area contributed by atoms with E-state index in [4.69, 9.17) is 25.8 Å². The number of carbonyl (C=O) groups excluding carboxylic acids is 3. The second kappa shape index (κ2) is 8.05. The molecule has 0 radical (unpaired) electrons. The predicted molar refractivity (Wildman–Crippen MR) is 101 cm³/mol. The molecule has 2 rings (SSSR count). The van der Waals surface area contributed by atoms with Gasteiger partial charge >= 0.3 is 17.9 Å². The van der Waals surface area contributed by atoms with Crippen LogP contribution in [0, 0.1) is 0 Å². The number of benzene rings is 2. The van der Waals surface area contributed by atoms with Crippen molar-refractivity contribution in [2.45, 2.75) is 20.8 Å². The first kappa shape index (κ1) is 20.2. The molecular formula is C20H17ClO6. The number of rotatable bonds is 5. The van der Waals surface area contributed by atoms with E-state index in [-0.39, 0.29) is 28.4 Å². The van der Waals surface area contributed by atoms with Gasteiger partial charge in [0, 0.05) is 39.9 Å². The van der Waals surface area contributed by atoms with Crippen LogP contribution < -0.4 is 14.2 Å². The molecule has 0 spiro atoms. The third-order valence-corrected chi connectivity index (χ3v) is 3.56. The van der Waals surface area contributed by atoms with Crippen LogP contribution in [0.3, 0.4) is 0 Å². The Morgan fingerprint density at radius 1 is 0.815 bits per heavy atom. The first-order valence-corrected chi connectivity index (χ1v) is 8.18. The molecule has 0 aliphatic rings. The zero-order valence-electron chi connectivity index (χ0n) is 15.1. The molecule has 0 aromatic heterocycles. The summed E-state index contributed by atoms with van der Waals surface area (Å²) in [5.74, 6) is -2.04. The fourth-order valence-electron chi connectivity index (χ4n) is 2.10. The Bertz CT molecular complexity index is 990. The van der Waals surface area contributed by atoms with Crippen LogP contribution in [0.1, 0.15) is 20.8 Å². The van der Waals surface area contributed by atoms with Gasteiger partial charge < -0.3 is 14.2 Å². The third kappa shape index (κ3) is 4.74. The van der Waals surface area contributed by atoms with Gasteiger partial charge in [-0.2, -0.15) is 0 Å². The second-order valence-electron chi connectivity index (χ2n) is 5.83. The highest BCUT2D eigenvalue weighted by molar-refractivity contribution is 6.31. The first-order valence-electron chi connectivity index (χ1n) is 7.80. The van der Waals surface area contributed by atoms with E-state index in [0.717, 1.165) is 0 Å². The quantitative estimate of drug-likeness (QED) is 0.429. The van der Waals surface area contributed by atoms with Gasteiger partial charge in [-0.05, 0) is 32.0 Å². The van der Waals surface area contributed by atoms with Gasteiger partial charge in [-0.3, -0.25) is 4.79 Å². The topological polar surface area (TPSA) is 78.9 Å². The number of ether oxygens (including phenoxy) is 3. The lowest BCUT2D eigenvalue weighted by molar-refractivity contribution is -0.133. The van der Waals surface area contributed by atoms with E-state index in [1.807, 2.05) is 0 Å². The Hall–Kier alpha value is -3.12. The van der Waals surface area contributed by atoms with Crippen LogP contribution >= 0.6 is 11.6 Å². The summed E-state index contributed by atoms with van der Waals surface area (Å²) in [5.41, 5.74) is 0.334. The second-order valence-corrected chi connectivity index (χ2v) is 6.26. The number of hydrogen-bond acceptors (Lipinski definition) is 6. The Balaban J connectivity index is 2.76. The maximum atomic E-state index is 12.0. The Kier molecular flexibility index (Phi) is 6.02. The fraction of sp³-hybridized carbons (Fsp3) is 0.150. The maximum Gasteiger partial charge on any atom is 0.338 e. The summed E-state index contributed by atoms with van der Waals surface area (Å²) < 4.78 is 15.8. The predicted octanol–water partition coefficient (Wildman–Crippen LogP) is 4.38. The number of fused-ring (bicyclic) bond motifs is 1. The monoisotopic (exact) mass is 388 g/mol. The Morgan fingerprint density at radius 2 is 1.41 bits per heavy atom. The van der Waals surface area contributed by atoms with Gasteiger partial charge in [-0.15, -0.1) is 0 Å². The Morgan fingerprint density at radius 3 is 1.96 bits per heavy atom. The number of carbonyl (C=O) groups is 3. The summed E-state index contributed by atoms with van der Waals surface area (Å²) in [6, 6.07) is 5.93. The van der Waals surface area contributed by atoms with Crippen LogP contribution in [0.15, 0.2) is 48.6 Å². The third-order valence-electron chi connectivity index (χ3n) is 3.33. The van der Waals surface area contributed by atoms with Crippen molar-refractivity contribution in [1.82, 2.24) is 0 Å². The van der Waals surface area contributed by atoms with Crippen molar-refractivity contribution in [3.8, 4) is 17.2 Å². The molecule has 2 aromatic rings. The highest BCUT2D eigenvalue weighted by atomic mass is 35.5. The SMILES string of the molecule is C=C(C)C(=O)Oc1cc(OC(C)=O)c(OC(=O)C(=C)C)c2ccc(Cl)cc12. The number of hydrogen-bond donors (Lipinski definition) is 0. The smallest absolute Gasteiger partial charge is 0.338 e. The summed E-state index contributed by atoms with van der Waals surface area (Å²) in [6.07, 6.45) is 0. The molecule has 27 heavy (non-hydrogen) atoms. The number of esters is 3. The van der Waals surface area contributed by atoms with E-state index in [1.165, 1.54) is 32.9 Å². The van der Waals surface area contributed by atoms with E-state index in [9.17, 15) is 14.4 Å². The van der Waals surface area contributed by atoms with Crippen LogP contribution in [-0.2, 0) is 14.4 Å². The van der Waals surface area contributed by atoms with Gasteiger partial charge in [-0.1, -0.05) is 24.8 Å². The minimum absolute atomic E-state index is 0.0139. The first-order chi connectivity index (χ1) is 12.6. The van der Waals surface area contributed by atoms with Crippen molar-refractivity contribution in [2.24, 2.45) is 0 Å². The van der Waals surface area contributed by atoms with Gasteiger partial charge in [0.2, 0.25) is 0 Å². The minimum Gasteiger partial charge on any atom is -0.423 e. The molecule has 0 saturated heterocycles. The van der Waals surface area contributed by atoms with Crippen LogP contribution in [0.2, 0.25) is 5.02 Å². The number of halogens is 1. The highest BCUT2D eigenvalue weighted by Crippen LogP contribution is 2.43. The van der Waals surface area contributed by atoms with E-state index in [0.29, 0.717) is 15.8 Å². The van der Waals surface area contributed by atoms with Crippen LogP contribution in [0.25, 0.3) is 10.8 Å². The summed E-state index contributed by atoms with van der Waals surface area (Å²) in [7, 11) is 0. The maximum absolute atomic E-state index is 12.0. The molecule has 0 unspecified atom stereocenters. The lowest BCUT2D eigenvalue weighted by Crippen LogP contribution is -2.13. The molecule has 140 valence electrons. The molecule has 0 heterocycles. The molecule has 2 aromatic carbocycles. The molecule has 0 N–H and O–H groups in total. The summed E-state index contributed by atoms with van der Waals surface area (Å²) in [4.78, 5) is 35.5. The zero-order valence-corrected chi connectivity index (χ0v) is 15.8. The van der Waals surface area contributed by atoms with Gasteiger partial charge in [0.15, 0.2) is 11.5 Å². The summed E-state index contributed by atoms with van der Waals surface area (Å²) in [6.45, 7) is 11.2. The van der Waals surface area contributed by atoms with Crippen molar-refractivity contribution in [3.05, 3.63) is 53.6 Å². The molecule has 0 bridgehead atoms. The van der Waals surface area contributed by atoms with E-state index < -0.39 is 17.9 Å². The molecule has 0 amide bonds. The van der Waals surface area contributed by atoms with Crippen molar-refractivity contribution in [1.29, 1.82) is 0 Å². The van der Waals surface area contributed by atoms with Crippen molar-refractivity contribution < 1.29 is 28.6 Å². The Labute approximate surface area is 161 Å². The van der Waals surface area contributed by atoms with Crippen LogP contribution in [-0.4, -0.2) is 17.9 Å². The van der Waals surface area contributed by atoms with Crippen molar-refractivity contribution in [3.63, 3.8) is 0 Å². The molecule has 7 heteroatoms. The van der Waals surface area contributed by atoms with Gasteiger partial charge in [-0.25, -0.2) is 9.59 Å². The van der Waals surface area contributed by atoms with E-state index in [2.05, 4.69) is 13.2 Å². The molecule has 0 aliphatic carbocycles.